The van der Waals surface area contributed by atoms with Crippen LogP contribution in [0.25, 0.3) is 5.69 Å². The minimum absolute atomic E-state index is 0.274. The fourth-order valence-corrected chi connectivity index (χ4v) is 3.00. The number of benzene rings is 2. The summed E-state index contributed by atoms with van der Waals surface area (Å²) in [6.45, 7) is 4.10. The first-order chi connectivity index (χ1) is 13.5. The molecule has 0 atom stereocenters. The molecule has 0 bridgehead atoms. The van der Waals surface area contributed by atoms with E-state index in [1.807, 2.05) is 18.2 Å². The number of amides is 1. The fraction of sp³-hybridized carbons (Fsp3) is 0.182. The van der Waals surface area contributed by atoms with E-state index in [0.717, 1.165) is 22.6 Å². The Morgan fingerprint density at radius 3 is 2.18 bits per heavy atom. The van der Waals surface area contributed by atoms with Gasteiger partial charge < -0.3 is 14.0 Å². The Kier molecular flexibility index (Phi) is 5.79. The van der Waals surface area contributed by atoms with E-state index in [1.165, 1.54) is 0 Å². The van der Waals surface area contributed by atoms with Gasteiger partial charge in [-0.15, -0.1) is 0 Å². The summed E-state index contributed by atoms with van der Waals surface area (Å²) >= 11 is 0. The zero-order chi connectivity index (χ0) is 20.1. The summed E-state index contributed by atoms with van der Waals surface area (Å²) in [5, 5.41) is 4.02. The second-order valence-corrected chi connectivity index (χ2v) is 6.31. The van der Waals surface area contributed by atoms with Crippen LogP contribution in [-0.2, 0) is 0 Å². The lowest BCUT2D eigenvalue weighted by Crippen LogP contribution is -2.17. The number of carbonyl (C=O) groups excluding carboxylic acids is 1. The second kappa shape index (κ2) is 8.43. The minimum atomic E-state index is -0.274. The predicted octanol–water partition coefficient (Wildman–Crippen LogP) is 3.88. The van der Waals surface area contributed by atoms with Crippen molar-refractivity contribution in [2.24, 2.45) is 5.10 Å². The van der Waals surface area contributed by atoms with Crippen molar-refractivity contribution in [1.82, 2.24) is 9.99 Å². The Balaban J connectivity index is 1.67. The van der Waals surface area contributed by atoms with E-state index < -0.39 is 0 Å². The second-order valence-electron chi connectivity index (χ2n) is 6.31. The highest BCUT2D eigenvalue weighted by atomic mass is 16.5. The average Bonchev–Trinajstić information content (AvgIpc) is 3.06. The maximum Gasteiger partial charge on any atom is 0.271 e. The molecule has 0 radical (unpaired) electrons. The maximum atomic E-state index is 12.3. The maximum absolute atomic E-state index is 12.3. The molecule has 1 amide bonds. The molecular formula is C22H23N3O3. The van der Waals surface area contributed by atoms with E-state index in [9.17, 15) is 4.79 Å². The molecular weight excluding hydrogens is 354 g/mol. The number of nitrogens with zero attached hydrogens (tertiary/aromatic N) is 2. The molecule has 0 aliphatic carbocycles. The molecule has 2 aromatic carbocycles. The van der Waals surface area contributed by atoms with Gasteiger partial charge in [0.05, 0.1) is 20.4 Å². The van der Waals surface area contributed by atoms with Gasteiger partial charge in [0, 0.05) is 22.6 Å². The number of ether oxygens (including phenoxy) is 2. The van der Waals surface area contributed by atoms with Gasteiger partial charge in [-0.1, -0.05) is 0 Å². The van der Waals surface area contributed by atoms with Crippen molar-refractivity contribution in [1.29, 1.82) is 0 Å². The summed E-state index contributed by atoms with van der Waals surface area (Å²) in [6, 6.07) is 17.0. The van der Waals surface area contributed by atoms with Gasteiger partial charge in [-0.25, -0.2) is 5.43 Å². The zero-order valence-electron chi connectivity index (χ0n) is 16.4. The normalized spacial score (nSPS) is 10.9. The molecule has 0 saturated heterocycles. The monoisotopic (exact) mass is 377 g/mol. The molecule has 0 spiro atoms. The third-order valence-corrected chi connectivity index (χ3v) is 4.45. The van der Waals surface area contributed by atoms with Gasteiger partial charge in [-0.2, -0.15) is 5.10 Å². The van der Waals surface area contributed by atoms with Crippen LogP contribution in [0.2, 0.25) is 0 Å². The van der Waals surface area contributed by atoms with Gasteiger partial charge >= 0.3 is 0 Å². The van der Waals surface area contributed by atoms with Crippen LogP contribution in [0, 0.1) is 13.8 Å². The minimum Gasteiger partial charge on any atom is -0.493 e. The van der Waals surface area contributed by atoms with E-state index in [0.29, 0.717) is 17.1 Å². The van der Waals surface area contributed by atoms with Crippen LogP contribution in [0.4, 0.5) is 0 Å². The molecule has 0 unspecified atom stereocenters. The van der Waals surface area contributed by atoms with Crippen LogP contribution in [0.3, 0.4) is 0 Å². The van der Waals surface area contributed by atoms with Crippen LogP contribution in [0.1, 0.15) is 27.3 Å². The number of methoxy groups -OCH3 is 2. The van der Waals surface area contributed by atoms with Crippen LogP contribution >= 0.6 is 0 Å². The van der Waals surface area contributed by atoms with Crippen molar-refractivity contribution in [3.63, 3.8) is 0 Å². The van der Waals surface area contributed by atoms with Crippen LogP contribution < -0.4 is 14.9 Å². The summed E-state index contributed by atoms with van der Waals surface area (Å²) in [5.41, 5.74) is 7.18. The smallest absolute Gasteiger partial charge is 0.271 e. The molecule has 3 aromatic rings. The summed E-state index contributed by atoms with van der Waals surface area (Å²) in [7, 11) is 3.15. The standard InChI is InChI=1S/C22H23N3O3/c1-15-5-6-16(2)25(15)19-10-8-18(9-11-19)22(26)24-23-14-17-7-12-20(27-3)21(13-17)28-4/h5-14H,1-4H3,(H,24,26)/b23-14-. The van der Waals surface area contributed by atoms with Gasteiger partial charge in [0.1, 0.15) is 0 Å². The molecule has 3 rings (SSSR count). The van der Waals surface area contributed by atoms with Crippen molar-refractivity contribution < 1.29 is 14.3 Å². The number of aromatic nitrogens is 1. The quantitative estimate of drug-likeness (QED) is 0.524. The Hall–Kier alpha value is -3.54. The predicted molar refractivity (Wildman–Crippen MR) is 110 cm³/mol. The van der Waals surface area contributed by atoms with Gasteiger partial charge in [-0.05, 0) is 74.0 Å². The first-order valence-electron chi connectivity index (χ1n) is 8.84. The Morgan fingerprint density at radius 2 is 1.57 bits per heavy atom. The lowest BCUT2D eigenvalue weighted by molar-refractivity contribution is 0.0955. The molecule has 0 aliphatic heterocycles. The van der Waals surface area contributed by atoms with Crippen molar-refractivity contribution in [2.45, 2.75) is 13.8 Å². The number of carbonyl (C=O) groups is 1. The molecule has 6 nitrogen and oxygen atoms in total. The topological polar surface area (TPSA) is 64.8 Å². The molecule has 1 aromatic heterocycles. The number of rotatable bonds is 6. The number of hydrogen-bond acceptors (Lipinski definition) is 4. The zero-order valence-corrected chi connectivity index (χ0v) is 16.4. The highest BCUT2D eigenvalue weighted by molar-refractivity contribution is 5.95. The Labute approximate surface area is 164 Å². The van der Waals surface area contributed by atoms with Crippen molar-refractivity contribution in [3.05, 3.63) is 77.1 Å². The van der Waals surface area contributed by atoms with Gasteiger partial charge in [0.2, 0.25) is 0 Å². The van der Waals surface area contributed by atoms with E-state index in [4.69, 9.17) is 9.47 Å². The third-order valence-electron chi connectivity index (χ3n) is 4.45. The highest BCUT2D eigenvalue weighted by Gasteiger charge is 2.07. The largest absolute Gasteiger partial charge is 0.493 e. The molecule has 0 saturated carbocycles. The highest BCUT2D eigenvalue weighted by Crippen LogP contribution is 2.26. The fourth-order valence-electron chi connectivity index (χ4n) is 3.00. The molecule has 0 fully saturated rings. The summed E-state index contributed by atoms with van der Waals surface area (Å²) in [5.74, 6) is 0.963. The Morgan fingerprint density at radius 1 is 0.929 bits per heavy atom. The molecule has 144 valence electrons. The number of hydrazone groups is 1. The van der Waals surface area contributed by atoms with Crippen molar-refractivity contribution in [2.75, 3.05) is 14.2 Å². The van der Waals surface area contributed by atoms with E-state index >= 15 is 0 Å². The molecule has 28 heavy (non-hydrogen) atoms. The lowest BCUT2D eigenvalue weighted by atomic mass is 10.2. The van der Waals surface area contributed by atoms with Crippen molar-refractivity contribution in [3.8, 4) is 17.2 Å². The first-order valence-corrected chi connectivity index (χ1v) is 8.84. The summed E-state index contributed by atoms with van der Waals surface area (Å²) in [4.78, 5) is 12.3. The molecule has 1 heterocycles. The van der Waals surface area contributed by atoms with Crippen LogP contribution in [0.5, 0.6) is 11.5 Å². The van der Waals surface area contributed by atoms with E-state index in [1.54, 1.807) is 44.7 Å². The molecule has 0 aliphatic rings. The van der Waals surface area contributed by atoms with E-state index in [-0.39, 0.29) is 5.91 Å². The lowest BCUT2D eigenvalue weighted by Gasteiger charge is -2.10. The number of nitrogens with one attached hydrogen (secondary N) is 1. The van der Waals surface area contributed by atoms with Crippen molar-refractivity contribution >= 4 is 12.1 Å². The number of aryl methyl sites for hydroxylation is 2. The average molecular weight is 377 g/mol. The van der Waals surface area contributed by atoms with Crippen LogP contribution in [0.15, 0.2) is 59.7 Å². The Bertz CT molecular complexity index is 985. The van der Waals surface area contributed by atoms with Gasteiger partial charge in [0.15, 0.2) is 11.5 Å². The van der Waals surface area contributed by atoms with Crippen LogP contribution in [-0.4, -0.2) is 30.9 Å². The number of hydrogen-bond donors (Lipinski definition) is 1. The van der Waals surface area contributed by atoms with Gasteiger partial charge in [-0.3, -0.25) is 4.79 Å². The summed E-state index contributed by atoms with van der Waals surface area (Å²) in [6.07, 6.45) is 1.56. The molecule has 6 heteroatoms. The van der Waals surface area contributed by atoms with E-state index in [2.05, 4.69) is 41.1 Å². The van der Waals surface area contributed by atoms with Gasteiger partial charge in [0.25, 0.3) is 5.91 Å². The third kappa shape index (κ3) is 4.06. The molecule has 1 N–H and O–H groups in total. The first kappa shape index (κ1) is 19.2. The summed E-state index contributed by atoms with van der Waals surface area (Å²) < 4.78 is 12.6. The SMILES string of the molecule is COc1ccc(/C=N\NC(=O)c2ccc(-n3c(C)ccc3C)cc2)cc1OC.